The van der Waals surface area contributed by atoms with Gasteiger partial charge in [-0.2, -0.15) is 5.10 Å². The van der Waals surface area contributed by atoms with Crippen LogP contribution in [-0.4, -0.2) is 43.9 Å². The number of hydrogen-bond acceptors (Lipinski definition) is 4. The lowest BCUT2D eigenvalue weighted by molar-refractivity contribution is 0.0953. The van der Waals surface area contributed by atoms with E-state index in [1.807, 2.05) is 67.5 Å². The van der Waals surface area contributed by atoms with Crippen LogP contribution in [0.4, 0.5) is 5.69 Å². The van der Waals surface area contributed by atoms with Crippen LogP contribution >= 0.6 is 0 Å². The van der Waals surface area contributed by atoms with E-state index in [4.69, 9.17) is 4.74 Å². The number of ether oxygens (including phenoxy) is 1. The number of carbonyl (C=O) groups is 1. The van der Waals surface area contributed by atoms with Crippen molar-refractivity contribution in [2.75, 3.05) is 32.6 Å². The molecule has 0 aliphatic rings. The van der Waals surface area contributed by atoms with Crippen molar-refractivity contribution < 1.29 is 9.53 Å². The lowest BCUT2D eigenvalue weighted by Crippen LogP contribution is -2.23. The summed E-state index contributed by atoms with van der Waals surface area (Å²) < 4.78 is 5.34. The second kappa shape index (κ2) is 8.78. The second-order valence-electron chi connectivity index (χ2n) is 6.26. The highest BCUT2D eigenvalue weighted by molar-refractivity contribution is 5.93. The van der Waals surface area contributed by atoms with E-state index >= 15 is 0 Å². The molecule has 1 aromatic heterocycles. The molecule has 0 saturated heterocycles. The molecule has 0 saturated carbocycles. The number of rotatable bonds is 5. The van der Waals surface area contributed by atoms with Gasteiger partial charge in [-0.15, -0.1) is 0 Å². The highest BCUT2D eigenvalue weighted by Gasteiger charge is 2.13. The molecule has 0 aliphatic heterocycles. The summed E-state index contributed by atoms with van der Waals surface area (Å²) in [5.41, 5.74) is 3.79. The van der Waals surface area contributed by atoms with E-state index in [1.165, 1.54) is 0 Å². The number of para-hydroxylation sites is 2. The van der Waals surface area contributed by atoms with Crippen LogP contribution in [0, 0.1) is 11.8 Å². The van der Waals surface area contributed by atoms with E-state index in [0.29, 0.717) is 17.1 Å². The minimum Gasteiger partial charge on any atom is -0.496 e. The van der Waals surface area contributed by atoms with E-state index in [2.05, 4.69) is 27.4 Å². The summed E-state index contributed by atoms with van der Waals surface area (Å²) >= 11 is 0. The Labute approximate surface area is 164 Å². The molecular weight excluding hydrogens is 352 g/mol. The van der Waals surface area contributed by atoms with Crippen molar-refractivity contribution in [3.63, 3.8) is 0 Å². The van der Waals surface area contributed by atoms with E-state index in [0.717, 1.165) is 16.8 Å². The van der Waals surface area contributed by atoms with Crippen LogP contribution in [0.5, 0.6) is 5.75 Å². The topological polar surface area (TPSA) is 70.2 Å². The van der Waals surface area contributed by atoms with Crippen molar-refractivity contribution in [2.24, 2.45) is 0 Å². The lowest BCUT2D eigenvalue weighted by atomic mass is 10.1. The van der Waals surface area contributed by atoms with Crippen molar-refractivity contribution in [1.82, 2.24) is 15.5 Å². The molecule has 0 atom stereocenters. The minimum atomic E-state index is -0.260. The molecule has 1 heterocycles. The molecule has 0 aliphatic carbocycles. The Balaban J connectivity index is 1.65. The number of aromatic nitrogens is 2. The number of aromatic amines is 1. The van der Waals surface area contributed by atoms with Gasteiger partial charge in [0, 0.05) is 25.2 Å². The molecule has 3 aromatic rings. The van der Waals surface area contributed by atoms with E-state index in [9.17, 15) is 4.79 Å². The fourth-order valence-corrected chi connectivity index (χ4v) is 2.76. The summed E-state index contributed by atoms with van der Waals surface area (Å²) in [6, 6.07) is 17.1. The number of nitrogens with one attached hydrogen (secondary N) is 2. The van der Waals surface area contributed by atoms with E-state index in [-0.39, 0.29) is 12.5 Å². The average molecular weight is 374 g/mol. The quantitative estimate of drug-likeness (QED) is 0.674. The zero-order chi connectivity index (χ0) is 19.9. The number of amides is 1. The molecular formula is C22H22N4O2. The Morgan fingerprint density at radius 2 is 1.93 bits per heavy atom. The largest absolute Gasteiger partial charge is 0.496 e. The van der Waals surface area contributed by atoms with Gasteiger partial charge in [-0.05, 0) is 30.3 Å². The molecule has 0 spiro atoms. The smallest absolute Gasteiger partial charge is 0.270 e. The third kappa shape index (κ3) is 4.33. The van der Waals surface area contributed by atoms with Crippen molar-refractivity contribution in [3.8, 4) is 28.8 Å². The van der Waals surface area contributed by atoms with Gasteiger partial charge in [-0.25, -0.2) is 0 Å². The highest BCUT2D eigenvalue weighted by Crippen LogP contribution is 2.28. The number of anilines is 1. The standard InChI is InChI=1S/C22H22N4O2/c1-26(2)20-12-6-4-9-16(20)10-8-14-23-22(27)19-15-18(24-25-19)17-11-5-7-13-21(17)28-3/h4-7,9,11-13,15H,14H2,1-3H3,(H,23,27)(H,24,25). The number of hydrogen-bond donors (Lipinski definition) is 2. The van der Waals surface area contributed by atoms with Gasteiger partial charge >= 0.3 is 0 Å². The molecule has 2 N–H and O–H groups in total. The summed E-state index contributed by atoms with van der Waals surface area (Å²) in [7, 11) is 5.55. The van der Waals surface area contributed by atoms with Gasteiger partial charge in [0.15, 0.2) is 0 Å². The Hall–Kier alpha value is -3.72. The zero-order valence-electron chi connectivity index (χ0n) is 16.1. The van der Waals surface area contributed by atoms with Crippen molar-refractivity contribution >= 4 is 11.6 Å². The van der Waals surface area contributed by atoms with Gasteiger partial charge in [0.25, 0.3) is 5.91 Å². The first kappa shape index (κ1) is 19.1. The highest BCUT2D eigenvalue weighted by atomic mass is 16.5. The monoisotopic (exact) mass is 374 g/mol. The van der Waals surface area contributed by atoms with Gasteiger partial charge in [0.2, 0.25) is 0 Å². The maximum atomic E-state index is 12.3. The molecule has 0 fully saturated rings. The maximum Gasteiger partial charge on any atom is 0.270 e. The molecule has 1 amide bonds. The van der Waals surface area contributed by atoms with Crippen LogP contribution in [0.1, 0.15) is 16.1 Å². The number of benzene rings is 2. The average Bonchev–Trinajstić information content (AvgIpc) is 3.21. The Morgan fingerprint density at radius 3 is 2.71 bits per heavy atom. The Bertz CT molecular complexity index is 1030. The van der Waals surface area contributed by atoms with E-state index in [1.54, 1.807) is 13.2 Å². The molecule has 6 heteroatoms. The first-order chi connectivity index (χ1) is 13.6. The zero-order valence-corrected chi connectivity index (χ0v) is 16.1. The van der Waals surface area contributed by atoms with Gasteiger partial charge in [0.05, 0.1) is 25.0 Å². The minimum absolute atomic E-state index is 0.240. The first-order valence-electron chi connectivity index (χ1n) is 8.82. The van der Waals surface area contributed by atoms with E-state index < -0.39 is 0 Å². The van der Waals surface area contributed by atoms with Crippen LogP contribution in [0.15, 0.2) is 54.6 Å². The number of nitrogens with zero attached hydrogens (tertiary/aromatic N) is 2. The lowest BCUT2D eigenvalue weighted by Gasteiger charge is -2.13. The molecule has 0 bridgehead atoms. The number of H-pyrrole nitrogens is 1. The molecule has 0 unspecified atom stereocenters. The van der Waals surface area contributed by atoms with Crippen molar-refractivity contribution in [1.29, 1.82) is 0 Å². The number of methoxy groups -OCH3 is 1. The summed E-state index contributed by atoms with van der Waals surface area (Å²) in [5, 5.41) is 9.76. The predicted octanol–water partition coefficient (Wildman–Crippen LogP) is 2.93. The summed E-state index contributed by atoms with van der Waals surface area (Å²) in [6.07, 6.45) is 0. The first-order valence-corrected chi connectivity index (χ1v) is 8.82. The van der Waals surface area contributed by atoms with Crippen LogP contribution in [0.3, 0.4) is 0 Å². The van der Waals surface area contributed by atoms with Crippen LogP contribution in [-0.2, 0) is 0 Å². The van der Waals surface area contributed by atoms with Gasteiger partial charge in [-0.3, -0.25) is 9.89 Å². The fourth-order valence-electron chi connectivity index (χ4n) is 2.76. The molecule has 142 valence electrons. The third-order valence-corrected chi connectivity index (χ3v) is 4.15. The van der Waals surface area contributed by atoms with Gasteiger partial charge in [-0.1, -0.05) is 36.1 Å². The summed E-state index contributed by atoms with van der Waals surface area (Å²) in [4.78, 5) is 14.3. The third-order valence-electron chi connectivity index (χ3n) is 4.15. The van der Waals surface area contributed by atoms with Crippen LogP contribution in [0.2, 0.25) is 0 Å². The molecule has 0 radical (unpaired) electrons. The molecule has 2 aromatic carbocycles. The second-order valence-corrected chi connectivity index (χ2v) is 6.26. The Kier molecular flexibility index (Phi) is 5.97. The summed E-state index contributed by atoms with van der Waals surface area (Å²) in [5.74, 6) is 6.53. The molecule has 6 nitrogen and oxygen atoms in total. The SMILES string of the molecule is COc1ccccc1-c1cc(C(=O)NCC#Cc2ccccc2N(C)C)[nH]n1. The molecule has 3 rings (SSSR count). The van der Waals surface area contributed by atoms with Crippen molar-refractivity contribution in [3.05, 3.63) is 65.9 Å². The Morgan fingerprint density at radius 1 is 1.18 bits per heavy atom. The van der Waals surface area contributed by atoms with Gasteiger partial charge < -0.3 is 15.0 Å². The maximum absolute atomic E-state index is 12.3. The summed E-state index contributed by atoms with van der Waals surface area (Å²) in [6.45, 7) is 0.240. The molecule has 28 heavy (non-hydrogen) atoms. The van der Waals surface area contributed by atoms with Crippen LogP contribution in [0.25, 0.3) is 11.3 Å². The number of carbonyl (C=O) groups excluding carboxylic acids is 1. The van der Waals surface area contributed by atoms with Crippen LogP contribution < -0.4 is 15.0 Å². The normalized spacial score (nSPS) is 9.96. The fraction of sp³-hybridized carbons (Fsp3) is 0.182. The van der Waals surface area contributed by atoms with Gasteiger partial charge in [0.1, 0.15) is 11.4 Å². The predicted molar refractivity (Wildman–Crippen MR) is 111 cm³/mol. The van der Waals surface area contributed by atoms with Crippen molar-refractivity contribution in [2.45, 2.75) is 0 Å².